The summed E-state index contributed by atoms with van der Waals surface area (Å²) in [4.78, 5) is 12.6. The fourth-order valence-electron chi connectivity index (χ4n) is 1.69. The average Bonchev–Trinajstić information content (AvgIpc) is 2.38. The molecule has 1 amide bonds. The van der Waals surface area contributed by atoms with Crippen LogP contribution in [0.25, 0.3) is 0 Å². The van der Waals surface area contributed by atoms with Crippen LogP contribution in [0.2, 0.25) is 0 Å². The van der Waals surface area contributed by atoms with Gasteiger partial charge in [-0.2, -0.15) is 22.0 Å². The number of anilines is 1. The summed E-state index contributed by atoms with van der Waals surface area (Å²) in [6.45, 7) is -3.32. The molecule has 0 radical (unpaired) electrons. The van der Waals surface area contributed by atoms with Gasteiger partial charge in [0, 0.05) is 0 Å². The molecule has 0 aliphatic carbocycles. The number of amides is 1. The summed E-state index contributed by atoms with van der Waals surface area (Å²) < 4.78 is 65.6. The summed E-state index contributed by atoms with van der Waals surface area (Å²) in [5, 5.41) is 2.26. The summed E-state index contributed by atoms with van der Waals surface area (Å²) in [7, 11) is 0. The highest BCUT2D eigenvalue weighted by Gasteiger charge is 2.30. The van der Waals surface area contributed by atoms with Gasteiger partial charge in [-0.3, -0.25) is 9.69 Å². The second-order valence-electron chi connectivity index (χ2n) is 4.34. The molecule has 1 rings (SSSR count). The van der Waals surface area contributed by atoms with Crippen LogP contribution in [0, 0.1) is 0 Å². The maximum atomic E-state index is 12.3. The Morgan fingerprint density at radius 2 is 1.95 bits per heavy atom. The Hall–Kier alpha value is -1.90. The number of likely N-dealkylation sites (N-methyl/N-ethyl adjacent to an activating group) is 1. The molecular weight excluding hydrogens is 311 g/mol. The molecule has 124 valence electrons. The standard InChI is InChI=1S/C13H15F5N2O2/c1-2-20(8-13(16,17)18)7-11(21)19-9-5-3-4-6-10(9)22-12(14)15/h3-6,12H,2,7-8H2,1H3,(H,19,21). The van der Waals surface area contributed by atoms with Crippen LogP contribution in [0.4, 0.5) is 27.6 Å². The van der Waals surface area contributed by atoms with E-state index in [9.17, 15) is 26.7 Å². The number of carbonyl (C=O) groups excluding carboxylic acids is 1. The summed E-state index contributed by atoms with van der Waals surface area (Å²) >= 11 is 0. The fourth-order valence-corrected chi connectivity index (χ4v) is 1.69. The number of ether oxygens (including phenoxy) is 1. The summed E-state index contributed by atoms with van der Waals surface area (Å²) in [6, 6.07) is 5.43. The summed E-state index contributed by atoms with van der Waals surface area (Å²) in [5.74, 6) is -1.01. The first-order valence-electron chi connectivity index (χ1n) is 6.34. The Balaban J connectivity index is 2.68. The molecule has 0 heterocycles. The Morgan fingerprint density at radius 1 is 1.32 bits per heavy atom. The minimum atomic E-state index is -4.42. The van der Waals surface area contributed by atoms with Gasteiger partial charge in [0.15, 0.2) is 0 Å². The monoisotopic (exact) mass is 326 g/mol. The van der Waals surface area contributed by atoms with Crippen molar-refractivity contribution in [1.82, 2.24) is 4.90 Å². The van der Waals surface area contributed by atoms with Gasteiger partial charge in [0.25, 0.3) is 0 Å². The SMILES string of the molecule is CCN(CC(=O)Nc1ccccc1OC(F)F)CC(F)(F)F. The van der Waals surface area contributed by atoms with Gasteiger partial charge in [-0.1, -0.05) is 19.1 Å². The molecule has 4 nitrogen and oxygen atoms in total. The van der Waals surface area contributed by atoms with E-state index in [1.807, 2.05) is 0 Å². The van der Waals surface area contributed by atoms with Crippen LogP contribution in [0.15, 0.2) is 24.3 Å². The van der Waals surface area contributed by atoms with E-state index in [1.165, 1.54) is 31.2 Å². The first kappa shape index (κ1) is 18.1. The zero-order valence-electron chi connectivity index (χ0n) is 11.7. The number of benzene rings is 1. The van der Waals surface area contributed by atoms with Crippen LogP contribution < -0.4 is 10.1 Å². The molecule has 0 aliphatic rings. The van der Waals surface area contributed by atoms with E-state index in [0.29, 0.717) is 0 Å². The zero-order chi connectivity index (χ0) is 16.8. The lowest BCUT2D eigenvalue weighted by molar-refractivity contribution is -0.147. The number of carbonyl (C=O) groups is 1. The van der Waals surface area contributed by atoms with Crippen molar-refractivity contribution in [2.45, 2.75) is 19.7 Å². The lowest BCUT2D eigenvalue weighted by atomic mass is 10.3. The predicted octanol–water partition coefficient (Wildman–Crippen LogP) is 3.11. The first-order valence-corrected chi connectivity index (χ1v) is 6.34. The topological polar surface area (TPSA) is 41.6 Å². The quantitative estimate of drug-likeness (QED) is 0.783. The van der Waals surface area contributed by atoms with E-state index in [0.717, 1.165) is 4.90 Å². The van der Waals surface area contributed by atoms with Crippen LogP contribution in [-0.2, 0) is 4.79 Å². The molecule has 9 heteroatoms. The van der Waals surface area contributed by atoms with Crippen LogP contribution in [0.1, 0.15) is 6.92 Å². The molecule has 0 aromatic heterocycles. The van der Waals surface area contributed by atoms with Crippen molar-refractivity contribution in [3.8, 4) is 5.75 Å². The van der Waals surface area contributed by atoms with Crippen molar-refractivity contribution in [3.05, 3.63) is 24.3 Å². The zero-order valence-corrected chi connectivity index (χ0v) is 11.7. The van der Waals surface area contributed by atoms with Crippen molar-refractivity contribution >= 4 is 11.6 Å². The van der Waals surface area contributed by atoms with Crippen LogP contribution in [-0.4, -0.2) is 43.2 Å². The number of hydrogen-bond acceptors (Lipinski definition) is 3. The molecule has 0 bridgehead atoms. The third kappa shape index (κ3) is 6.70. The van der Waals surface area contributed by atoms with E-state index in [-0.39, 0.29) is 18.0 Å². The minimum Gasteiger partial charge on any atom is -0.433 e. The van der Waals surface area contributed by atoms with E-state index >= 15 is 0 Å². The smallest absolute Gasteiger partial charge is 0.401 e. The Morgan fingerprint density at radius 3 is 2.50 bits per heavy atom. The van der Waals surface area contributed by atoms with E-state index in [4.69, 9.17) is 0 Å². The second kappa shape index (κ2) is 7.92. The number of nitrogens with zero attached hydrogens (tertiary/aromatic N) is 1. The third-order valence-electron chi connectivity index (χ3n) is 2.59. The van der Waals surface area contributed by atoms with Crippen LogP contribution in [0.5, 0.6) is 5.75 Å². The van der Waals surface area contributed by atoms with Gasteiger partial charge in [0.1, 0.15) is 5.75 Å². The normalized spacial score (nSPS) is 11.8. The molecule has 1 N–H and O–H groups in total. The molecule has 0 fully saturated rings. The number of nitrogens with one attached hydrogen (secondary N) is 1. The van der Waals surface area contributed by atoms with Crippen molar-refractivity contribution in [1.29, 1.82) is 0 Å². The molecule has 1 aromatic carbocycles. The number of hydrogen-bond donors (Lipinski definition) is 1. The van der Waals surface area contributed by atoms with Gasteiger partial charge < -0.3 is 10.1 Å². The van der Waals surface area contributed by atoms with Gasteiger partial charge in [-0.15, -0.1) is 0 Å². The minimum absolute atomic E-state index is 0.0160. The first-order chi connectivity index (χ1) is 10.2. The maximum absolute atomic E-state index is 12.3. The van der Waals surface area contributed by atoms with Crippen molar-refractivity contribution in [3.63, 3.8) is 0 Å². The number of halogens is 5. The van der Waals surface area contributed by atoms with Crippen LogP contribution in [0.3, 0.4) is 0 Å². The highest BCUT2D eigenvalue weighted by Crippen LogP contribution is 2.25. The van der Waals surface area contributed by atoms with Crippen molar-refractivity contribution in [2.24, 2.45) is 0 Å². The van der Waals surface area contributed by atoms with Gasteiger partial charge in [0.2, 0.25) is 5.91 Å². The van der Waals surface area contributed by atoms with Gasteiger partial charge in [0.05, 0.1) is 18.8 Å². The highest BCUT2D eigenvalue weighted by atomic mass is 19.4. The Bertz CT molecular complexity index is 494. The predicted molar refractivity (Wildman–Crippen MR) is 69.9 cm³/mol. The van der Waals surface area contributed by atoms with E-state index < -0.39 is 31.8 Å². The highest BCUT2D eigenvalue weighted by molar-refractivity contribution is 5.93. The molecule has 1 aromatic rings. The number of rotatable bonds is 7. The maximum Gasteiger partial charge on any atom is 0.401 e. The number of alkyl halides is 5. The van der Waals surface area contributed by atoms with Gasteiger partial charge in [-0.25, -0.2) is 0 Å². The third-order valence-corrected chi connectivity index (χ3v) is 2.59. The Labute approximate surface area is 123 Å². The summed E-state index contributed by atoms with van der Waals surface area (Å²) in [5.41, 5.74) is -0.0316. The average molecular weight is 326 g/mol. The molecule has 0 atom stereocenters. The van der Waals surface area contributed by atoms with Crippen molar-refractivity contribution < 1.29 is 31.5 Å². The number of para-hydroxylation sites is 2. The van der Waals surface area contributed by atoms with Crippen LogP contribution >= 0.6 is 0 Å². The van der Waals surface area contributed by atoms with E-state index in [1.54, 1.807) is 0 Å². The second-order valence-corrected chi connectivity index (χ2v) is 4.34. The lowest BCUT2D eigenvalue weighted by Crippen LogP contribution is -2.39. The fraction of sp³-hybridized carbons (Fsp3) is 0.462. The Kier molecular flexibility index (Phi) is 6.54. The van der Waals surface area contributed by atoms with Crippen molar-refractivity contribution in [2.75, 3.05) is 25.0 Å². The molecule has 0 spiro atoms. The molecule has 0 saturated carbocycles. The molecule has 0 aliphatic heterocycles. The molecular formula is C13H15F5N2O2. The largest absolute Gasteiger partial charge is 0.433 e. The lowest BCUT2D eigenvalue weighted by Gasteiger charge is -2.21. The molecule has 0 unspecified atom stereocenters. The molecule has 22 heavy (non-hydrogen) atoms. The molecule has 0 saturated heterocycles. The van der Waals surface area contributed by atoms with Gasteiger partial charge in [-0.05, 0) is 18.7 Å². The van der Waals surface area contributed by atoms with E-state index in [2.05, 4.69) is 10.1 Å². The summed E-state index contributed by atoms with van der Waals surface area (Å²) in [6.07, 6.45) is -4.42. The van der Waals surface area contributed by atoms with Gasteiger partial charge >= 0.3 is 12.8 Å².